The van der Waals surface area contributed by atoms with Gasteiger partial charge < -0.3 is 0 Å². The number of aryl methyl sites for hydroxylation is 1. The number of allylic oxidation sites excluding steroid dienone is 1. The van der Waals surface area contributed by atoms with Crippen LogP contribution in [0, 0.1) is 0 Å². The van der Waals surface area contributed by atoms with Crippen molar-refractivity contribution in [1.29, 1.82) is 0 Å². The van der Waals surface area contributed by atoms with Gasteiger partial charge in [0.25, 0.3) is 0 Å². The van der Waals surface area contributed by atoms with Crippen LogP contribution in [0.2, 0.25) is 0 Å². The minimum Gasteiger partial charge on any atom is -0.0833 e. The van der Waals surface area contributed by atoms with Crippen molar-refractivity contribution in [2.24, 2.45) is 0 Å². The molecule has 0 aliphatic heterocycles. The summed E-state index contributed by atoms with van der Waals surface area (Å²) < 4.78 is 80.4. The molecule has 0 fully saturated rings. The molecule has 0 saturated heterocycles. The molecule has 0 saturated carbocycles. The predicted octanol–water partition coefficient (Wildman–Crippen LogP) is 3.13. The molecule has 12 heavy (non-hydrogen) atoms. The first-order chi connectivity index (χ1) is 9.83. The second-order valence-electron chi connectivity index (χ2n) is 2.64. The normalized spacial score (nSPS) is 56.7. The van der Waals surface area contributed by atoms with Gasteiger partial charge in [-0.1, -0.05) is 30.3 Å². The van der Waals surface area contributed by atoms with Gasteiger partial charge in [0.2, 0.25) is 0 Å². The highest BCUT2D eigenvalue weighted by Gasteiger charge is 2.25. The van der Waals surface area contributed by atoms with E-state index >= 15 is 0 Å². The molecule has 1 atom stereocenters. The molecular weight excluding hydrogens is 144 g/mol. The minimum absolute atomic E-state index is 0.223. The van der Waals surface area contributed by atoms with E-state index in [1.807, 2.05) is 0 Å². The Morgan fingerprint density at radius 2 is 2.67 bits per heavy atom. The Morgan fingerprint density at radius 1 is 1.67 bits per heavy atom. The zero-order valence-corrected chi connectivity index (χ0v) is 6.15. The average molecular weight is 166 g/mol. The third kappa shape index (κ3) is 0.726. The van der Waals surface area contributed by atoms with Crippen molar-refractivity contribution in [2.75, 3.05) is 0 Å². The second-order valence-corrected chi connectivity index (χ2v) is 2.64. The molecule has 1 aromatic rings. The molecule has 2 aliphatic rings. The van der Waals surface area contributed by atoms with E-state index in [0.717, 1.165) is 0 Å². The van der Waals surface area contributed by atoms with Gasteiger partial charge in [-0.05, 0) is 41.7 Å². The van der Waals surface area contributed by atoms with E-state index in [4.69, 9.17) is 13.7 Å². The smallest absolute Gasteiger partial charge is 0.0629 e. The summed E-state index contributed by atoms with van der Waals surface area (Å²) in [7, 11) is 0. The van der Waals surface area contributed by atoms with Crippen molar-refractivity contribution in [1.82, 2.24) is 0 Å². The maximum Gasteiger partial charge on any atom is 0.0629 e. The number of hydrogen-bond acceptors (Lipinski definition) is 0. The van der Waals surface area contributed by atoms with Crippen molar-refractivity contribution >= 4 is 6.05 Å². The fourth-order valence-electron chi connectivity index (χ4n) is 1.40. The number of benzene rings is 1. The van der Waals surface area contributed by atoms with Crippen LogP contribution in [0.4, 0.5) is 0 Å². The SMILES string of the molecule is [2H]C1=C([2H])C([2H])([2H])C2([2H])c3c(ccc([2H])c31)C([2H])([2H])C2([2H])[2H]. The zero-order valence-electron chi connectivity index (χ0n) is 16.2. The Labute approximate surface area is 87.0 Å². The van der Waals surface area contributed by atoms with Crippen molar-refractivity contribution in [3.63, 3.8) is 0 Å². The van der Waals surface area contributed by atoms with E-state index in [2.05, 4.69) is 0 Å². The fourth-order valence-corrected chi connectivity index (χ4v) is 1.40. The van der Waals surface area contributed by atoms with Gasteiger partial charge in [-0.3, -0.25) is 0 Å². The Kier molecular flexibility index (Phi) is 0.382. The Balaban J connectivity index is 2.59. The molecule has 0 N–H and O–H groups in total. The van der Waals surface area contributed by atoms with Crippen LogP contribution in [-0.4, -0.2) is 0 Å². The van der Waals surface area contributed by atoms with Gasteiger partial charge >= 0.3 is 0 Å². The molecule has 0 heterocycles. The molecule has 1 unspecified atom stereocenters. The van der Waals surface area contributed by atoms with Crippen molar-refractivity contribution < 1.29 is 13.7 Å². The fraction of sp³-hybridized carbons (Fsp3) is 0.333. The van der Waals surface area contributed by atoms with Gasteiger partial charge in [-0.25, -0.2) is 0 Å². The summed E-state index contributed by atoms with van der Waals surface area (Å²) in [6.45, 7) is 0. The Morgan fingerprint density at radius 3 is 3.67 bits per heavy atom. The maximum atomic E-state index is 8.47. The van der Waals surface area contributed by atoms with Gasteiger partial charge in [-0.2, -0.15) is 0 Å². The third-order valence-electron chi connectivity index (χ3n) is 1.94. The van der Waals surface area contributed by atoms with Crippen LogP contribution in [0.1, 0.15) is 49.0 Å². The third-order valence-corrected chi connectivity index (χ3v) is 1.94. The van der Waals surface area contributed by atoms with Crippen LogP contribution < -0.4 is 0 Å². The summed E-state index contributed by atoms with van der Waals surface area (Å²) in [6.07, 6.45) is -8.50. The molecule has 3 rings (SSSR count). The summed E-state index contributed by atoms with van der Waals surface area (Å²) in [6, 6.07) is 0.629. The van der Waals surface area contributed by atoms with Gasteiger partial charge in [0.15, 0.2) is 0 Å². The second kappa shape index (κ2) is 2.22. The molecular formula is C12H12. The van der Waals surface area contributed by atoms with Crippen LogP contribution in [-0.2, 0) is 6.37 Å². The highest BCUT2D eigenvalue weighted by molar-refractivity contribution is 5.61. The van der Waals surface area contributed by atoms with E-state index in [1.54, 1.807) is 0 Å². The molecule has 0 heteroatoms. The topological polar surface area (TPSA) is 0 Å². The molecule has 0 radical (unpaired) electrons. The highest BCUT2D eigenvalue weighted by Crippen LogP contribution is 2.40. The predicted molar refractivity (Wildman–Crippen MR) is 51.2 cm³/mol. The largest absolute Gasteiger partial charge is 0.0833 e. The first kappa shape index (κ1) is 2.06. The van der Waals surface area contributed by atoms with Crippen molar-refractivity contribution in [3.8, 4) is 0 Å². The molecule has 0 aromatic heterocycles. The lowest BCUT2D eigenvalue weighted by atomic mass is 9.89. The average Bonchev–Trinajstić information content (AvgIpc) is 2.53. The summed E-state index contributed by atoms with van der Waals surface area (Å²) in [5.41, 5.74) is -0.765. The summed E-state index contributed by atoms with van der Waals surface area (Å²) in [5.74, 6) is -2.73. The molecule has 1 aromatic carbocycles. The van der Waals surface area contributed by atoms with E-state index in [9.17, 15) is 0 Å². The van der Waals surface area contributed by atoms with Gasteiger partial charge in [0, 0.05) is 9.60 Å². The minimum atomic E-state index is -2.96. The lowest BCUT2D eigenvalue weighted by Gasteiger charge is -2.16. The van der Waals surface area contributed by atoms with Crippen LogP contribution >= 0.6 is 0 Å². The van der Waals surface area contributed by atoms with E-state index in [0.29, 0.717) is 0 Å². The first-order valence-electron chi connectivity index (χ1n) is 8.66. The summed E-state index contributed by atoms with van der Waals surface area (Å²) in [5, 5.41) is 0. The molecule has 0 spiro atoms. The lowest BCUT2D eigenvalue weighted by molar-refractivity contribution is 0.684. The van der Waals surface area contributed by atoms with Gasteiger partial charge in [0.05, 0.1) is 4.11 Å². The Hall–Kier alpha value is -1.04. The molecule has 60 valence electrons. The molecule has 2 aliphatic carbocycles. The highest BCUT2D eigenvalue weighted by atomic mass is 14.3. The van der Waals surface area contributed by atoms with Crippen molar-refractivity contribution in [3.05, 3.63) is 40.9 Å². The Bertz CT molecular complexity index is 732. The quantitative estimate of drug-likeness (QED) is 0.555. The molecule has 0 nitrogen and oxygen atoms in total. The van der Waals surface area contributed by atoms with Crippen molar-refractivity contribution in [2.45, 2.75) is 25.0 Å². The standard InChI is InChI=1S/C12H12/c1-3-9-4-2-6-11-8-7-10(5-1)12(9)11/h1-5,11H,6-8H2/i2D,3D,4D,6D2,7D2,8D2,11D. The van der Waals surface area contributed by atoms with Crippen LogP contribution in [0.5, 0.6) is 0 Å². The number of rotatable bonds is 0. The van der Waals surface area contributed by atoms with Gasteiger partial charge in [0.1, 0.15) is 0 Å². The molecule has 0 amide bonds. The van der Waals surface area contributed by atoms with Crippen LogP contribution in [0.25, 0.3) is 6.05 Å². The maximum absolute atomic E-state index is 8.47. The lowest BCUT2D eigenvalue weighted by Crippen LogP contribution is -1.98. The van der Waals surface area contributed by atoms with E-state index in [1.165, 1.54) is 12.1 Å². The van der Waals surface area contributed by atoms with Gasteiger partial charge in [-0.15, -0.1) is 0 Å². The van der Waals surface area contributed by atoms with E-state index < -0.39 is 37.1 Å². The van der Waals surface area contributed by atoms with E-state index in [-0.39, 0.29) is 22.7 Å². The summed E-state index contributed by atoms with van der Waals surface area (Å²) in [4.78, 5) is 0. The van der Waals surface area contributed by atoms with Crippen LogP contribution in [0.3, 0.4) is 0 Å². The monoisotopic (exact) mass is 166 g/mol. The summed E-state index contributed by atoms with van der Waals surface area (Å²) >= 11 is 0. The zero-order chi connectivity index (χ0) is 16.9. The number of hydrogen-bond donors (Lipinski definition) is 0. The molecule has 0 bridgehead atoms. The first-order valence-corrected chi connectivity index (χ1v) is 3.66. The van der Waals surface area contributed by atoms with Crippen LogP contribution in [0.15, 0.2) is 24.2 Å².